The van der Waals surface area contributed by atoms with Gasteiger partial charge in [-0.1, -0.05) is 130 Å². The molecule has 0 fully saturated rings. The quantitative estimate of drug-likeness (QED) is 0.148. The summed E-state index contributed by atoms with van der Waals surface area (Å²) in [6.07, 6.45) is 35.1. The Morgan fingerprint density at radius 2 is 0.742 bits per heavy atom. The van der Waals surface area contributed by atoms with Gasteiger partial charge in [-0.05, 0) is 25.7 Å². The molecular formula is C29H58N2. The number of rotatable bonds is 23. The van der Waals surface area contributed by atoms with Crippen LogP contribution in [0.1, 0.15) is 156 Å². The first kappa shape index (κ1) is 28.4. The van der Waals surface area contributed by atoms with Crippen molar-refractivity contribution in [1.82, 2.24) is 9.80 Å². The summed E-state index contributed by atoms with van der Waals surface area (Å²) >= 11 is 0. The van der Waals surface area contributed by atoms with Crippen LogP contribution in [-0.4, -0.2) is 29.1 Å². The minimum Gasteiger partial charge on any atom is -0.356 e. The second kappa shape index (κ2) is 21.2. The van der Waals surface area contributed by atoms with Crippen molar-refractivity contribution in [3.05, 3.63) is 12.4 Å². The van der Waals surface area contributed by atoms with E-state index < -0.39 is 0 Å². The van der Waals surface area contributed by atoms with E-state index in [9.17, 15) is 0 Å². The Morgan fingerprint density at radius 3 is 1.13 bits per heavy atom. The predicted octanol–water partition coefficient (Wildman–Crippen LogP) is 9.65. The first-order valence-electron chi connectivity index (χ1n) is 14.5. The molecule has 1 rings (SSSR count). The fourth-order valence-corrected chi connectivity index (χ4v) is 4.95. The van der Waals surface area contributed by atoms with Crippen LogP contribution >= 0.6 is 0 Å². The molecule has 184 valence electrons. The Morgan fingerprint density at radius 1 is 0.419 bits per heavy atom. The van der Waals surface area contributed by atoms with E-state index in [1.165, 1.54) is 148 Å². The Bertz CT molecular complexity index is 370. The molecule has 0 saturated carbocycles. The highest BCUT2D eigenvalue weighted by Crippen LogP contribution is 2.23. The molecule has 2 heteroatoms. The molecule has 0 aliphatic carbocycles. The Balaban J connectivity index is 2.16. The predicted molar refractivity (Wildman–Crippen MR) is 140 cm³/mol. The van der Waals surface area contributed by atoms with Gasteiger partial charge in [-0.15, -0.1) is 0 Å². The fourth-order valence-electron chi connectivity index (χ4n) is 4.95. The van der Waals surface area contributed by atoms with E-state index in [0.29, 0.717) is 6.17 Å². The zero-order chi connectivity index (χ0) is 22.4. The lowest BCUT2D eigenvalue weighted by atomic mass is 10.0. The average Bonchev–Trinajstić information content (AvgIpc) is 3.16. The van der Waals surface area contributed by atoms with E-state index >= 15 is 0 Å². The SMILES string of the molecule is CCCCCCCCCCCCCCC1N(CCCCCC)C=CN1CCCCCC. The van der Waals surface area contributed by atoms with Crippen molar-refractivity contribution in [2.75, 3.05) is 13.1 Å². The van der Waals surface area contributed by atoms with Gasteiger partial charge < -0.3 is 9.80 Å². The van der Waals surface area contributed by atoms with Crippen LogP contribution in [0.4, 0.5) is 0 Å². The van der Waals surface area contributed by atoms with E-state index in [4.69, 9.17) is 0 Å². The van der Waals surface area contributed by atoms with Crippen LogP contribution in [0.5, 0.6) is 0 Å². The lowest BCUT2D eigenvalue weighted by molar-refractivity contribution is 0.135. The molecule has 0 amide bonds. The largest absolute Gasteiger partial charge is 0.356 e. The van der Waals surface area contributed by atoms with Gasteiger partial charge in [-0.25, -0.2) is 0 Å². The van der Waals surface area contributed by atoms with Crippen molar-refractivity contribution < 1.29 is 0 Å². The van der Waals surface area contributed by atoms with Gasteiger partial charge in [-0.2, -0.15) is 0 Å². The fraction of sp³-hybridized carbons (Fsp3) is 0.931. The highest BCUT2D eigenvalue weighted by atomic mass is 15.4. The first-order chi connectivity index (χ1) is 15.3. The maximum absolute atomic E-state index is 2.66. The van der Waals surface area contributed by atoms with E-state index in [-0.39, 0.29) is 0 Å². The molecule has 0 N–H and O–H groups in total. The van der Waals surface area contributed by atoms with E-state index in [0.717, 1.165) is 0 Å². The molecule has 0 aromatic rings. The molecule has 31 heavy (non-hydrogen) atoms. The summed E-state index contributed by atoms with van der Waals surface area (Å²) in [5, 5.41) is 0. The molecule has 0 unspecified atom stereocenters. The summed E-state index contributed by atoms with van der Waals surface area (Å²) in [7, 11) is 0. The number of hydrogen-bond donors (Lipinski definition) is 0. The molecule has 0 saturated heterocycles. The molecule has 0 radical (unpaired) electrons. The molecule has 1 aliphatic heterocycles. The maximum Gasteiger partial charge on any atom is 0.101 e. The standard InChI is InChI=1S/C29H58N2/c1-4-7-10-13-14-15-16-17-18-19-20-21-24-29-30(25-22-11-8-5-2)27-28-31(29)26-23-12-9-6-3/h27-29H,4-26H2,1-3H3. The first-order valence-corrected chi connectivity index (χ1v) is 14.5. The summed E-state index contributed by atoms with van der Waals surface area (Å²) in [6.45, 7) is 9.43. The minimum absolute atomic E-state index is 0.645. The van der Waals surface area contributed by atoms with Crippen molar-refractivity contribution in [2.45, 2.75) is 162 Å². The smallest absolute Gasteiger partial charge is 0.101 e. The van der Waals surface area contributed by atoms with Crippen LogP contribution in [0.25, 0.3) is 0 Å². The normalized spacial score (nSPS) is 14.3. The van der Waals surface area contributed by atoms with Gasteiger partial charge in [0.05, 0.1) is 0 Å². The molecule has 0 aromatic heterocycles. The van der Waals surface area contributed by atoms with Crippen molar-refractivity contribution in [1.29, 1.82) is 0 Å². The van der Waals surface area contributed by atoms with E-state index in [2.05, 4.69) is 43.0 Å². The van der Waals surface area contributed by atoms with Crippen LogP contribution in [0.2, 0.25) is 0 Å². The lowest BCUT2D eigenvalue weighted by Crippen LogP contribution is -2.39. The van der Waals surface area contributed by atoms with Crippen LogP contribution in [-0.2, 0) is 0 Å². The third-order valence-electron chi connectivity index (χ3n) is 7.07. The molecule has 0 bridgehead atoms. The summed E-state index contributed by atoms with van der Waals surface area (Å²) in [5.74, 6) is 0. The topological polar surface area (TPSA) is 6.48 Å². The molecule has 1 heterocycles. The second-order valence-corrected chi connectivity index (χ2v) is 10.1. The minimum atomic E-state index is 0.645. The van der Waals surface area contributed by atoms with Gasteiger partial charge >= 0.3 is 0 Å². The third kappa shape index (κ3) is 14.9. The molecule has 1 aliphatic rings. The highest BCUT2D eigenvalue weighted by Gasteiger charge is 2.24. The van der Waals surface area contributed by atoms with Gasteiger partial charge in [-0.3, -0.25) is 0 Å². The summed E-state index contributed by atoms with van der Waals surface area (Å²) in [5.41, 5.74) is 0. The van der Waals surface area contributed by atoms with Crippen LogP contribution in [0, 0.1) is 0 Å². The van der Waals surface area contributed by atoms with Crippen LogP contribution in [0.15, 0.2) is 12.4 Å². The Kier molecular flexibility index (Phi) is 19.4. The average molecular weight is 435 g/mol. The van der Waals surface area contributed by atoms with E-state index in [1.54, 1.807) is 0 Å². The van der Waals surface area contributed by atoms with Gasteiger partial charge in [0.1, 0.15) is 6.17 Å². The molecule has 0 spiro atoms. The second-order valence-electron chi connectivity index (χ2n) is 10.1. The zero-order valence-corrected chi connectivity index (χ0v) is 21.9. The molecular weight excluding hydrogens is 376 g/mol. The number of nitrogens with zero attached hydrogens (tertiary/aromatic N) is 2. The van der Waals surface area contributed by atoms with Gasteiger partial charge in [0.25, 0.3) is 0 Å². The summed E-state index contributed by atoms with van der Waals surface area (Å²) in [4.78, 5) is 5.32. The molecule has 0 atom stereocenters. The van der Waals surface area contributed by atoms with Crippen molar-refractivity contribution in [2.24, 2.45) is 0 Å². The van der Waals surface area contributed by atoms with Crippen molar-refractivity contribution in [3.63, 3.8) is 0 Å². The van der Waals surface area contributed by atoms with Crippen LogP contribution < -0.4 is 0 Å². The van der Waals surface area contributed by atoms with Gasteiger partial charge in [0.15, 0.2) is 0 Å². The highest BCUT2D eigenvalue weighted by molar-refractivity contribution is 4.96. The monoisotopic (exact) mass is 434 g/mol. The third-order valence-corrected chi connectivity index (χ3v) is 7.07. The zero-order valence-electron chi connectivity index (χ0n) is 21.9. The summed E-state index contributed by atoms with van der Waals surface area (Å²) < 4.78 is 0. The molecule has 2 nitrogen and oxygen atoms in total. The Hall–Kier alpha value is -0.660. The van der Waals surface area contributed by atoms with Crippen LogP contribution in [0.3, 0.4) is 0 Å². The number of hydrogen-bond acceptors (Lipinski definition) is 2. The van der Waals surface area contributed by atoms with E-state index in [1.807, 2.05) is 0 Å². The Labute approximate surface area is 197 Å². The van der Waals surface area contributed by atoms with Crippen molar-refractivity contribution in [3.8, 4) is 0 Å². The van der Waals surface area contributed by atoms with Gasteiger partial charge in [0, 0.05) is 25.5 Å². The molecule has 0 aromatic carbocycles. The summed E-state index contributed by atoms with van der Waals surface area (Å²) in [6, 6.07) is 0. The van der Waals surface area contributed by atoms with Gasteiger partial charge in [0.2, 0.25) is 0 Å². The lowest BCUT2D eigenvalue weighted by Gasteiger charge is -2.33. The van der Waals surface area contributed by atoms with Crippen molar-refractivity contribution >= 4 is 0 Å². The maximum atomic E-state index is 2.66. The number of unbranched alkanes of at least 4 members (excludes halogenated alkanes) is 17.